The zero-order valence-corrected chi connectivity index (χ0v) is 15.5. The van der Waals surface area contributed by atoms with Crippen LogP contribution in [0, 0.1) is 46.6 Å². The van der Waals surface area contributed by atoms with Crippen molar-refractivity contribution in [1.29, 1.82) is 5.26 Å². The highest BCUT2D eigenvalue weighted by Crippen LogP contribution is 2.42. The van der Waals surface area contributed by atoms with E-state index in [2.05, 4.69) is 12.7 Å². The third kappa shape index (κ3) is 4.53. The molecular weight excluding hydrogens is 328 g/mol. The molecule has 2 fully saturated rings. The van der Waals surface area contributed by atoms with Crippen LogP contribution in [0.5, 0.6) is 0 Å². The number of hydrogen-bond acceptors (Lipinski definition) is 1. The third-order valence-corrected chi connectivity index (χ3v) is 6.76. The SMILES string of the molecule is C=CC1CCC(C2CCC(CCc3cc(F)c(C#N)c(F)c3)CC2)CC1. The lowest BCUT2D eigenvalue weighted by molar-refractivity contribution is 0.153. The van der Waals surface area contributed by atoms with Gasteiger partial charge < -0.3 is 0 Å². The fourth-order valence-corrected chi connectivity index (χ4v) is 5.05. The summed E-state index contributed by atoms with van der Waals surface area (Å²) in [4.78, 5) is 0. The first kappa shape index (κ1) is 19.1. The summed E-state index contributed by atoms with van der Waals surface area (Å²) in [6.07, 6.45) is 14.2. The molecular formula is C23H29F2N. The van der Waals surface area contributed by atoms with Crippen molar-refractivity contribution in [3.8, 4) is 6.07 Å². The predicted molar refractivity (Wildman–Crippen MR) is 100 cm³/mol. The molecule has 0 aliphatic heterocycles. The maximum absolute atomic E-state index is 13.7. The Labute approximate surface area is 156 Å². The molecule has 0 bridgehead atoms. The minimum atomic E-state index is -0.735. The lowest BCUT2D eigenvalue weighted by atomic mass is 9.68. The van der Waals surface area contributed by atoms with Gasteiger partial charge in [0.1, 0.15) is 23.3 Å². The van der Waals surface area contributed by atoms with Gasteiger partial charge >= 0.3 is 0 Å². The molecule has 0 radical (unpaired) electrons. The van der Waals surface area contributed by atoms with Crippen molar-refractivity contribution >= 4 is 0 Å². The highest BCUT2D eigenvalue weighted by molar-refractivity contribution is 5.35. The van der Waals surface area contributed by atoms with Crippen LogP contribution in [0.4, 0.5) is 8.78 Å². The van der Waals surface area contributed by atoms with Crippen LogP contribution in [0.3, 0.4) is 0 Å². The first-order valence-corrected chi connectivity index (χ1v) is 10.1. The van der Waals surface area contributed by atoms with E-state index in [1.54, 1.807) is 6.07 Å². The molecule has 0 heterocycles. The summed E-state index contributed by atoms with van der Waals surface area (Å²) in [5.74, 6) is 1.70. The first-order valence-electron chi connectivity index (χ1n) is 10.1. The van der Waals surface area contributed by atoms with E-state index in [0.717, 1.165) is 24.2 Å². The Balaban J connectivity index is 1.45. The predicted octanol–water partition coefficient (Wildman–Crippen LogP) is 6.57. The Morgan fingerprint density at radius 1 is 0.962 bits per heavy atom. The fourth-order valence-electron chi connectivity index (χ4n) is 5.05. The Bertz CT molecular complexity index is 636. The van der Waals surface area contributed by atoms with Crippen molar-refractivity contribution in [2.75, 3.05) is 0 Å². The molecule has 3 rings (SSSR count). The molecule has 0 amide bonds. The van der Waals surface area contributed by atoms with E-state index in [1.165, 1.54) is 63.5 Å². The molecule has 0 atom stereocenters. The Kier molecular flexibility index (Phi) is 6.46. The van der Waals surface area contributed by atoms with Crippen LogP contribution >= 0.6 is 0 Å². The normalized spacial score (nSPS) is 29.1. The molecule has 0 spiro atoms. The van der Waals surface area contributed by atoms with Gasteiger partial charge in [-0.1, -0.05) is 18.9 Å². The molecule has 2 saturated carbocycles. The molecule has 2 aliphatic carbocycles. The molecule has 0 aromatic heterocycles. The number of rotatable bonds is 5. The van der Waals surface area contributed by atoms with Crippen LogP contribution in [0.25, 0.3) is 0 Å². The molecule has 1 aromatic rings. The highest BCUT2D eigenvalue weighted by Gasteiger charge is 2.30. The number of allylic oxidation sites excluding steroid dienone is 1. The van der Waals surface area contributed by atoms with E-state index in [9.17, 15) is 8.78 Å². The van der Waals surface area contributed by atoms with E-state index in [4.69, 9.17) is 5.26 Å². The van der Waals surface area contributed by atoms with Gasteiger partial charge in [0.05, 0.1) is 0 Å². The third-order valence-electron chi connectivity index (χ3n) is 6.76. The Hall–Kier alpha value is -1.69. The number of hydrogen-bond donors (Lipinski definition) is 0. The second-order valence-electron chi connectivity index (χ2n) is 8.28. The van der Waals surface area contributed by atoms with Crippen LogP contribution in [-0.2, 0) is 6.42 Å². The van der Waals surface area contributed by atoms with Gasteiger partial charge in [-0.05, 0) is 92.7 Å². The van der Waals surface area contributed by atoms with E-state index >= 15 is 0 Å². The molecule has 26 heavy (non-hydrogen) atoms. The lowest BCUT2D eigenvalue weighted by Crippen LogP contribution is -2.25. The van der Waals surface area contributed by atoms with E-state index in [1.807, 2.05) is 0 Å². The van der Waals surface area contributed by atoms with E-state index in [0.29, 0.717) is 17.9 Å². The molecule has 2 aliphatic rings. The largest absolute Gasteiger partial charge is 0.205 e. The molecule has 0 unspecified atom stereocenters. The van der Waals surface area contributed by atoms with Crippen molar-refractivity contribution in [2.24, 2.45) is 23.7 Å². The lowest BCUT2D eigenvalue weighted by Gasteiger charge is -2.37. The van der Waals surface area contributed by atoms with Crippen LogP contribution < -0.4 is 0 Å². The van der Waals surface area contributed by atoms with Gasteiger partial charge in [-0.3, -0.25) is 0 Å². The van der Waals surface area contributed by atoms with Crippen LogP contribution in [-0.4, -0.2) is 0 Å². The standard InChI is InChI=1S/C23H29F2N/c1-2-16-5-9-19(10-6-16)20-11-7-17(8-12-20)3-4-18-13-22(24)21(15-26)23(25)14-18/h2,13-14,16-17,19-20H,1,3-12H2. The number of benzene rings is 1. The van der Waals surface area contributed by atoms with E-state index < -0.39 is 17.2 Å². The maximum atomic E-state index is 13.7. The topological polar surface area (TPSA) is 23.8 Å². The fraction of sp³-hybridized carbons (Fsp3) is 0.609. The Morgan fingerprint density at radius 3 is 2.00 bits per heavy atom. The molecule has 140 valence electrons. The monoisotopic (exact) mass is 357 g/mol. The zero-order valence-electron chi connectivity index (χ0n) is 15.5. The van der Waals surface area contributed by atoms with Gasteiger partial charge in [-0.2, -0.15) is 5.26 Å². The number of nitrogens with zero attached hydrogens (tertiary/aromatic N) is 1. The summed E-state index contributed by atoms with van der Waals surface area (Å²) >= 11 is 0. The van der Waals surface area contributed by atoms with Crippen molar-refractivity contribution in [2.45, 2.75) is 64.2 Å². The van der Waals surface area contributed by atoms with E-state index in [-0.39, 0.29) is 0 Å². The quantitative estimate of drug-likeness (QED) is 0.547. The average Bonchev–Trinajstić information content (AvgIpc) is 2.67. The summed E-state index contributed by atoms with van der Waals surface area (Å²) in [5.41, 5.74) is 0.198. The average molecular weight is 357 g/mol. The summed E-state index contributed by atoms with van der Waals surface area (Å²) in [7, 11) is 0. The smallest absolute Gasteiger partial charge is 0.144 e. The van der Waals surface area contributed by atoms with Crippen molar-refractivity contribution in [3.63, 3.8) is 0 Å². The minimum Gasteiger partial charge on any atom is -0.205 e. The van der Waals surface area contributed by atoms with Crippen molar-refractivity contribution in [3.05, 3.63) is 47.5 Å². The molecule has 0 N–H and O–H groups in total. The Morgan fingerprint density at radius 2 is 1.50 bits per heavy atom. The molecule has 3 heteroatoms. The molecule has 0 saturated heterocycles. The summed E-state index contributed by atoms with van der Waals surface area (Å²) in [6, 6.07) is 4.23. The van der Waals surface area contributed by atoms with Crippen LogP contribution in [0.2, 0.25) is 0 Å². The molecule has 1 nitrogen and oxygen atoms in total. The number of aryl methyl sites for hydroxylation is 1. The summed E-state index contributed by atoms with van der Waals surface area (Å²) < 4.78 is 27.4. The van der Waals surface area contributed by atoms with Gasteiger partial charge in [0.15, 0.2) is 0 Å². The van der Waals surface area contributed by atoms with Crippen LogP contribution in [0.15, 0.2) is 24.8 Å². The van der Waals surface area contributed by atoms with Gasteiger partial charge in [-0.15, -0.1) is 6.58 Å². The molecule has 1 aromatic carbocycles. The summed E-state index contributed by atoms with van der Waals surface area (Å²) in [6.45, 7) is 3.93. The van der Waals surface area contributed by atoms with Gasteiger partial charge in [0.2, 0.25) is 0 Å². The second kappa shape index (κ2) is 8.80. The van der Waals surface area contributed by atoms with Gasteiger partial charge in [0, 0.05) is 0 Å². The zero-order chi connectivity index (χ0) is 18.5. The van der Waals surface area contributed by atoms with Crippen molar-refractivity contribution < 1.29 is 8.78 Å². The number of nitriles is 1. The van der Waals surface area contributed by atoms with Crippen LogP contribution in [0.1, 0.15) is 68.9 Å². The maximum Gasteiger partial charge on any atom is 0.144 e. The highest BCUT2D eigenvalue weighted by atomic mass is 19.1. The minimum absolute atomic E-state index is 0.472. The second-order valence-corrected chi connectivity index (χ2v) is 8.28. The summed E-state index contributed by atoms with van der Waals surface area (Å²) in [5, 5.41) is 8.75. The van der Waals surface area contributed by atoms with Gasteiger partial charge in [0.25, 0.3) is 0 Å². The number of halogens is 2. The van der Waals surface area contributed by atoms with Crippen molar-refractivity contribution in [1.82, 2.24) is 0 Å². The first-order chi connectivity index (χ1) is 12.6. The van der Waals surface area contributed by atoms with Gasteiger partial charge in [-0.25, -0.2) is 8.78 Å².